The fourth-order valence-corrected chi connectivity index (χ4v) is 3.41. The van der Waals surface area contributed by atoms with Gasteiger partial charge in [-0.25, -0.2) is 12.7 Å². The summed E-state index contributed by atoms with van der Waals surface area (Å²) in [6.45, 7) is 4.28. The van der Waals surface area contributed by atoms with Gasteiger partial charge in [0.2, 0.25) is 10.0 Å². The number of sulfonamides is 1. The maximum atomic E-state index is 12.5. The zero-order valence-corrected chi connectivity index (χ0v) is 15.8. The molecule has 1 N–H and O–H groups in total. The lowest BCUT2D eigenvalue weighted by atomic mass is 10.0. The Kier molecular flexibility index (Phi) is 5.98. The second-order valence-corrected chi connectivity index (χ2v) is 8.72. The van der Waals surface area contributed by atoms with Crippen molar-refractivity contribution in [3.05, 3.63) is 59.7 Å². The van der Waals surface area contributed by atoms with Crippen LogP contribution in [0.5, 0.6) is 0 Å². The van der Waals surface area contributed by atoms with Crippen LogP contribution < -0.4 is 5.32 Å². The molecule has 0 aliphatic carbocycles. The molecule has 0 heterocycles. The number of carbonyl (C=O) groups excluding carboxylic acids is 1. The molecular formula is C19H24N2O3S. The molecule has 0 saturated carbocycles. The first-order chi connectivity index (χ1) is 11.7. The van der Waals surface area contributed by atoms with E-state index in [0.29, 0.717) is 17.2 Å². The van der Waals surface area contributed by atoms with Crippen molar-refractivity contribution in [1.82, 2.24) is 4.31 Å². The molecule has 2 rings (SSSR count). The lowest BCUT2D eigenvalue weighted by Gasteiger charge is -2.13. The van der Waals surface area contributed by atoms with Crippen LogP contribution in [-0.2, 0) is 16.4 Å². The number of benzene rings is 2. The van der Waals surface area contributed by atoms with Gasteiger partial charge in [-0.2, -0.15) is 0 Å². The summed E-state index contributed by atoms with van der Waals surface area (Å²) in [5.74, 6) is 0.191. The van der Waals surface area contributed by atoms with Gasteiger partial charge in [-0.05, 0) is 48.2 Å². The topological polar surface area (TPSA) is 66.5 Å². The van der Waals surface area contributed by atoms with Gasteiger partial charge in [-0.3, -0.25) is 4.79 Å². The molecule has 0 aliphatic rings. The van der Waals surface area contributed by atoms with E-state index in [2.05, 4.69) is 19.2 Å². The molecule has 6 heteroatoms. The van der Waals surface area contributed by atoms with E-state index in [-0.39, 0.29) is 10.8 Å². The van der Waals surface area contributed by atoms with Crippen LogP contribution in [0.2, 0.25) is 0 Å². The first kappa shape index (κ1) is 19.1. The SMILES string of the molecule is CC(C)Cc1cccc(NC(=O)c2cccc(S(=O)(=O)N(C)C)c2)c1. The van der Waals surface area contributed by atoms with Gasteiger partial charge >= 0.3 is 0 Å². The number of anilines is 1. The van der Waals surface area contributed by atoms with Gasteiger partial charge in [-0.1, -0.05) is 32.0 Å². The summed E-state index contributed by atoms with van der Waals surface area (Å²) in [6.07, 6.45) is 0.931. The third-order valence-electron chi connectivity index (χ3n) is 3.70. The fourth-order valence-electron chi connectivity index (χ4n) is 2.46. The van der Waals surface area contributed by atoms with Crippen LogP contribution in [-0.4, -0.2) is 32.7 Å². The number of hydrogen-bond donors (Lipinski definition) is 1. The van der Waals surface area contributed by atoms with E-state index in [1.807, 2.05) is 24.3 Å². The van der Waals surface area contributed by atoms with Crippen LogP contribution in [0.15, 0.2) is 53.4 Å². The summed E-state index contributed by atoms with van der Waals surface area (Å²) in [5, 5.41) is 2.83. The van der Waals surface area contributed by atoms with Gasteiger partial charge in [0.05, 0.1) is 4.90 Å². The van der Waals surface area contributed by atoms with E-state index in [4.69, 9.17) is 0 Å². The fraction of sp³-hybridized carbons (Fsp3) is 0.316. The molecule has 134 valence electrons. The average molecular weight is 360 g/mol. The molecule has 0 spiro atoms. The lowest BCUT2D eigenvalue weighted by molar-refractivity contribution is 0.102. The van der Waals surface area contributed by atoms with Crippen LogP contribution in [0.1, 0.15) is 29.8 Å². The molecule has 0 aliphatic heterocycles. The molecule has 5 nitrogen and oxygen atoms in total. The van der Waals surface area contributed by atoms with Gasteiger partial charge in [0.1, 0.15) is 0 Å². The molecule has 2 aromatic rings. The Labute approximate surface area is 149 Å². The molecule has 0 bridgehead atoms. The Morgan fingerprint density at radius 3 is 2.40 bits per heavy atom. The van der Waals surface area contributed by atoms with Crippen molar-refractivity contribution in [2.24, 2.45) is 5.92 Å². The van der Waals surface area contributed by atoms with Gasteiger partial charge in [0.15, 0.2) is 0 Å². The number of rotatable bonds is 6. The average Bonchev–Trinajstić information content (AvgIpc) is 2.54. The largest absolute Gasteiger partial charge is 0.322 e. The van der Waals surface area contributed by atoms with E-state index in [9.17, 15) is 13.2 Å². The minimum atomic E-state index is -3.57. The molecule has 0 fully saturated rings. The van der Waals surface area contributed by atoms with E-state index in [0.717, 1.165) is 16.3 Å². The predicted octanol–water partition coefficient (Wildman–Crippen LogP) is 3.39. The molecule has 0 saturated heterocycles. The Balaban J connectivity index is 2.22. The highest BCUT2D eigenvalue weighted by molar-refractivity contribution is 7.89. The van der Waals surface area contributed by atoms with Crippen molar-refractivity contribution in [2.45, 2.75) is 25.2 Å². The van der Waals surface area contributed by atoms with E-state index >= 15 is 0 Å². The van der Waals surface area contributed by atoms with Crippen LogP contribution >= 0.6 is 0 Å². The van der Waals surface area contributed by atoms with Crippen LogP contribution in [0.25, 0.3) is 0 Å². The molecule has 0 atom stereocenters. The molecule has 1 amide bonds. The molecular weight excluding hydrogens is 336 g/mol. The van der Waals surface area contributed by atoms with Crippen molar-refractivity contribution < 1.29 is 13.2 Å². The minimum absolute atomic E-state index is 0.0960. The normalized spacial score (nSPS) is 11.8. The van der Waals surface area contributed by atoms with Gasteiger partial charge in [0.25, 0.3) is 5.91 Å². The van der Waals surface area contributed by atoms with Crippen LogP contribution in [0.4, 0.5) is 5.69 Å². The number of amides is 1. The zero-order valence-electron chi connectivity index (χ0n) is 15.0. The highest BCUT2D eigenvalue weighted by Gasteiger charge is 2.18. The number of nitrogens with zero attached hydrogens (tertiary/aromatic N) is 1. The van der Waals surface area contributed by atoms with Crippen molar-refractivity contribution in [1.29, 1.82) is 0 Å². The Morgan fingerprint density at radius 2 is 1.76 bits per heavy atom. The van der Waals surface area contributed by atoms with Crippen LogP contribution in [0, 0.1) is 5.92 Å². The number of nitrogens with one attached hydrogen (secondary N) is 1. The third-order valence-corrected chi connectivity index (χ3v) is 5.51. The van der Waals surface area contributed by atoms with Gasteiger partial charge in [0, 0.05) is 25.3 Å². The molecule has 25 heavy (non-hydrogen) atoms. The smallest absolute Gasteiger partial charge is 0.255 e. The molecule has 0 radical (unpaired) electrons. The summed E-state index contributed by atoms with van der Waals surface area (Å²) >= 11 is 0. The summed E-state index contributed by atoms with van der Waals surface area (Å²) < 4.78 is 25.5. The summed E-state index contributed by atoms with van der Waals surface area (Å²) in [6, 6.07) is 13.7. The molecule has 0 aromatic heterocycles. The first-order valence-corrected chi connectivity index (χ1v) is 9.57. The monoisotopic (exact) mass is 360 g/mol. The van der Waals surface area contributed by atoms with Gasteiger partial charge < -0.3 is 5.32 Å². The Morgan fingerprint density at radius 1 is 1.08 bits per heavy atom. The predicted molar refractivity (Wildman–Crippen MR) is 100 cm³/mol. The zero-order chi connectivity index (χ0) is 18.6. The summed E-state index contributed by atoms with van der Waals surface area (Å²) in [7, 11) is -0.651. The Bertz CT molecular complexity index is 858. The maximum absolute atomic E-state index is 12.5. The quantitative estimate of drug-likeness (QED) is 0.859. The standard InChI is InChI=1S/C19H24N2O3S/c1-14(2)11-15-7-5-9-17(12-15)20-19(22)16-8-6-10-18(13-16)25(23,24)21(3)4/h5-10,12-14H,11H2,1-4H3,(H,20,22). The lowest BCUT2D eigenvalue weighted by Crippen LogP contribution is -2.22. The third kappa shape index (κ3) is 4.90. The Hall–Kier alpha value is -2.18. The molecule has 0 unspecified atom stereocenters. The summed E-state index contributed by atoms with van der Waals surface area (Å²) in [4.78, 5) is 12.6. The van der Waals surface area contributed by atoms with Crippen molar-refractivity contribution in [3.8, 4) is 0 Å². The first-order valence-electron chi connectivity index (χ1n) is 8.13. The maximum Gasteiger partial charge on any atom is 0.255 e. The van der Waals surface area contributed by atoms with E-state index in [1.165, 1.54) is 26.2 Å². The van der Waals surface area contributed by atoms with Crippen molar-refractivity contribution in [2.75, 3.05) is 19.4 Å². The number of carbonyl (C=O) groups is 1. The van der Waals surface area contributed by atoms with E-state index in [1.54, 1.807) is 12.1 Å². The highest BCUT2D eigenvalue weighted by Crippen LogP contribution is 2.18. The second kappa shape index (κ2) is 7.80. The second-order valence-electron chi connectivity index (χ2n) is 6.57. The van der Waals surface area contributed by atoms with Crippen LogP contribution in [0.3, 0.4) is 0 Å². The molecule has 2 aromatic carbocycles. The minimum Gasteiger partial charge on any atom is -0.322 e. The highest BCUT2D eigenvalue weighted by atomic mass is 32.2. The number of hydrogen-bond acceptors (Lipinski definition) is 3. The van der Waals surface area contributed by atoms with Gasteiger partial charge in [-0.15, -0.1) is 0 Å². The van der Waals surface area contributed by atoms with E-state index < -0.39 is 10.0 Å². The van der Waals surface area contributed by atoms with Crippen molar-refractivity contribution >= 4 is 21.6 Å². The summed E-state index contributed by atoms with van der Waals surface area (Å²) in [5.41, 5.74) is 2.15. The van der Waals surface area contributed by atoms with Crippen molar-refractivity contribution in [3.63, 3.8) is 0 Å².